The van der Waals surface area contributed by atoms with Crippen LogP contribution < -0.4 is 10.6 Å². The molecule has 0 aromatic heterocycles. The van der Waals surface area contributed by atoms with Crippen molar-refractivity contribution in [2.24, 2.45) is 11.3 Å². The highest BCUT2D eigenvalue weighted by Gasteiger charge is 2.44. The Morgan fingerprint density at radius 2 is 2.04 bits per heavy atom. The van der Waals surface area contributed by atoms with Crippen LogP contribution >= 0.6 is 11.8 Å². The molecule has 0 saturated heterocycles. The number of thioether (sulfide) groups is 1. The van der Waals surface area contributed by atoms with Gasteiger partial charge in [0.05, 0.1) is 35.0 Å². The summed E-state index contributed by atoms with van der Waals surface area (Å²) in [5.41, 5.74) is -0.673. The van der Waals surface area contributed by atoms with Gasteiger partial charge in [0.1, 0.15) is 5.92 Å². The molecule has 0 radical (unpaired) electrons. The van der Waals surface area contributed by atoms with Gasteiger partial charge in [-0.1, -0.05) is 32.5 Å². The van der Waals surface area contributed by atoms with E-state index in [9.17, 15) is 24.9 Å². The second-order valence-corrected chi connectivity index (χ2v) is 7.46. The van der Waals surface area contributed by atoms with Crippen molar-refractivity contribution in [3.8, 4) is 12.1 Å². The van der Waals surface area contributed by atoms with E-state index in [0.29, 0.717) is 6.54 Å². The van der Waals surface area contributed by atoms with E-state index in [1.54, 1.807) is 13.8 Å². The van der Waals surface area contributed by atoms with Crippen molar-refractivity contribution < 1.29 is 14.4 Å². The number of carbonyl (C=O) groups excluding carboxylic acids is 3. The predicted molar refractivity (Wildman–Crippen MR) is 97.1 cm³/mol. The van der Waals surface area contributed by atoms with Gasteiger partial charge in [0.2, 0.25) is 17.7 Å². The van der Waals surface area contributed by atoms with Gasteiger partial charge in [-0.2, -0.15) is 10.5 Å². The molecule has 3 amide bonds. The van der Waals surface area contributed by atoms with E-state index in [2.05, 4.69) is 10.6 Å². The van der Waals surface area contributed by atoms with Gasteiger partial charge in [-0.3, -0.25) is 14.4 Å². The molecule has 26 heavy (non-hydrogen) atoms. The number of rotatable bonds is 7. The molecule has 0 bridgehead atoms. The molecule has 0 aromatic rings. The van der Waals surface area contributed by atoms with Gasteiger partial charge in [0, 0.05) is 19.0 Å². The summed E-state index contributed by atoms with van der Waals surface area (Å²) in [4.78, 5) is 37.3. The molecular weight excluding hydrogens is 354 g/mol. The van der Waals surface area contributed by atoms with E-state index in [0.717, 1.165) is 18.2 Å². The lowest BCUT2D eigenvalue weighted by Crippen LogP contribution is -2.45. The lowest BCUT2D eigenvalue weighted by atomic mass is 9.72. The van der Waals surface area contributed by atoms with E-state index in [-0.39, 0.29) is 34.7 Å². The molecule has 0 spiro atoms. The lowest BCUT2D eigenvalue weighted by molar-refractivity contribution is -0.132. The minimum absolute atomic E-state index is 0.0361. The molecule has 0 fully saturated rings. The van der Waals surface area contributed by atoms with Crippen LogP contribution in [-0.4, -0.2) is 48.5 Å². The molecule has 1 aliphatic heterocycles. The molecule has 8 nitrogen and oxygen atoms in total. The van der Waals surface area contributed by atoms with Crippen LogP contribution in [-0.2, 0) is 14.4 Å². The molecule has 1 atom stereocenters. The lowest BCUT2D eigenvalue weighted by Gasteiger charge is -2.34. The van der Waals surface area contributed by atoms with Crippen molar-refractivity contribution >= 4 is 29.5 Å². The quantitative estimate of drug-likeness (QED) is 0.674. The van der Waals surface area contributed by atoms with Crippen LogP contribution in [0.1, 0.15) is 27.2 Å². The fraction of sp³-hybridized carbons (Fsp3) is 0.588. The first-order valence-corrected chi connectivity index (χ1v) is 9.16. The topological polar surface area (TPSA) is 126 Å². The van der Waals surface area contributed by atoms with E-state index in [1.807, 2.05) is 19.1 Å². The van der Waals surface area contributed by atoms with Crippen molar-refractivity contribution in [2.75, 3.05) is 25.9 Å². The Balaban J connectivity index is 2.79. The summed E-state index contributed by atoms with van der Waals surface area (Å²) in [5, 5.41) is 24.1. The maximum atomic E-state index is 12.2. The van der Waals surface area contributed by atoms with Crippen molar-refractivity contribution in [3.63, 3.8) is 0 Å². The monoisotopic (exact) mass is 377 g/mol. The fourth-order valence-electron chi connectivity index (χ4n) is 2.40. The summed E-state index contributed by atoms with van der Waals surface area (Å²) >= 11 is 1.02. The summed E-state index contributed by atoms with van der Waals surface area (Å²) in [6.07, 6.45) is 0.809. The van der Waals surface area contributed by atoms with Crippen LogP contribution in [0.5, 0.6) is 0 Å². The van der Waals surface area contributed by atoms with Crippen LogP contribution in [0.2, 0.25) is 0 Å². The number of hydrogen-bond acceptors (Lipinski definition) is 6. The summed E-state index contributed by atoms with van der Waals surface area (Å²) in [5.74, 6) is -2.04. The molecule has 2 N–H and O–H groups in total. The van der Waals surface area contributed by atoms with Gasteiger partial charge in [0.15, 0.2) is 0 Å². The fourth-order valence-corrected chi connectivity index (χ4v) is 3.52. The first-order valence-electron chi connectivity index (χ1n) is 8.17. The van der Waals surface area contributed by atoms with Crippen molar-refractivity contribution in [1.82, 2.24) is 15.5 Å². The van der Waals surface area contributed by atoms with Gasteiger partial charge < -0.3 is 15.5 Å². The van der Waals surface area contributed by atoms with Gasteiger partial charge in [-0.25, -0.2) is 0 Å². The number of nitrogens with zero attached hydrogens (tertiary/aromatic N) is 3. The van der Waals surface area contributed by atoms with Gasteiger partial charge in [-0.05, 0) is 6.42 Å². The van der Waals surface area contributed by atoms with Crippen molar-refractivity contribution in [2.45, 2.75) is 27.2 Å². The second-order valence-electron chi connectivity index (χ2n) is 6.48. The molecule has 9 heteroatoms. The van der Waals surface area contributed by atoms with Crippen LogP contribution in [0.25, 0.3) is 0 Å². The second kappa shape index (κ2) is 9.25. The van der Waals surface area contributed by atoms with Crippen LogP contribution in [0.3, 0.4) is 0 Å². The number of nitriles is 2. The third-order valence-electron chi connectivity index (χ3n) is 4.05. The molecule has 0 unspecified atom stereocenters. The molecule has 0 aliphatic carbocycles. The van der Waals surface area contributed by atoms with E-state index >= 15 is 0 Å². The minimum atomic E-state index is -0.970. The van der Waals surface area contributed by atoms with Crippen LogP contribution in [0.15, 0.2) is 10.6 Å². The summed E-state index contributed by atoms with van der Waals surface area (Å²) in [6.45, 7) is 5.74. The summed E-state index contributed by atoms with van der Waals surface area (Å²) < 4.78 is 0. The Morgan fingerprint density at radius 3 is 2.58 bits per heavy atom. The third kappa shape index (κ3) is 4.99. The van der Waals surface area contributed by atoms with E-state index in [4.69, 9.17) is 0 Å². The summed E-state index contributed by atoms with van der Waals surface area (Å²) in [6, 6.07) is 3.97. The maximum Gasteiger partial charge on any atom is 0.243 e. The highest BCUT2D eigenvalue weighted by atomic mass is 32.2. The first-order chi connectivity index (χ1) is 12.2. The Kier molecular flexibility index (Phi) is 7.66. The standard InChI is InChI=1S/C17H23N5O3S/c1-5-6-20-13(23)9-22(4)14(24)10-26-16-12(8-19)17(2,3)11(7-18)15(25)21-16/h11H,5-6,9-10H2,1-4H3,(H,20,23)(H,21,25)/t11-/m1/s1. The molecule has 140 valence electrons. The summed E-state index contributed by atoms with van der Waals surface area (Å²) in [7, 11) is 1.52. The first kappa shape index (κ1) is 21.5. The van der Waals surface area contributed by atoms with Crippen LogP contribution in [0.4, 0.5) is 0 Å². The van der Waals surface area contributed by atoms with E-state index < -0.39 is 17.2 Å². The van der Waals surface area contributed by atoms with E-state index in [1.165, 1.54) is 11.9 Å². The highest BCUT2D eigenvalue weighted by molar-refractivity contribution is 8.03. The Labute approximate surface area is 157 Å². The minimum Gasteiger partial charge on any atom is -0.355 e. The Morgan fingerprint density at radius 1 is 1.38 bits per heavy atom. The number of carbonyl (C=O) groups is 3. The smallest absolute Gasteiger partial charge is 0.243 e. The zero-order valence-corrected chi connectivity index (χ0v) is 16.2. The van der Waals surface area contributed by atoms with Crippen molar-refractivity contribution in [1.29, 1.82) is 10.5 Å². The molecule has 0 saturated carbocycles. The number of nitrogens with one attached hydrogen (secondary N) is 2. The average molecular weight is 377 g/mol. The highest BCUT2D eigenvalue weighted by Crippen LogP contribution is 2.41. The number of amides is 3. The SMILES string of the molecule is CCCNC(=O)CN(C)C(=O)CSC1=C(C#N)C(C)(C)[C@H](C#N)C(=O)N1. The Hall–Kier alpha value is -2.52. The third-order valence-corrected chi connectivity index (χ3v) is 5.04. The number of hydrogen-bond donors (Lipinski definition) is 2. The van der Waals surface area contributed by atoms with Gasteiger partial charge in [0.25, 0.3) is 0 Å². The van der Waals surface area contributed by atoms with Gasteiger partial charge in [-0.15, -0.1) is 0 Å². The molecule has 0 aromatic carbocycles. The number of allylic oxidation sites excluding steroid dienone is 1. The molecular formula is C17H23N5O3S. The Bertz CT molecular complexity index is 702. The van der Waals surface area contributed by atoms with Gasteiger partial charge >= 0.3 is 0 Å². The molecule has 1 aliphatic rings. The predicted octanol–water partition coefficient (Wildman–Crippen LogP) is 0.735. The number of likely N-dealkylation sites (N-methyl/N-ethyl adjacent to an activating group) is 1. The van der Waals surface area contributed by atoms with Crippen LogP contribution in [0, 0.1) is 34.0 Å². The zero-order valence-electron chi connectivity index (χ0n) is 15.4. The normalized spacial score (nSPS) is 18.4. The average Bonchev–Trinajstić information content (AvgIpc) is 2.57. The maximum absolute atomic E-state index is 12.2. The molecule has 1 heterocycles. The zero-order chi connectivity index (χ0) is 19.9. The largest absolute Gasteiger partial charge is 0.355 e. The molecule has 1 rings (SSSR count). The van der Waals surface area contributed by atoms with Crippen molar-refractivity contribution in [3.05, 3.63) is 10.6 Å².